The average molecular weight is 257 g/mol. The van der Waals surface area contributed by atoms with Crippen molar-refractivity contribution in [2.24, 2.45) is 5.92 Å². The highest BCUT2D eigenvalue weighted by Gasteiger charge is 2.30. The van der Waals surface area contributed by atoms with Crippen LogP contribution >= 0.6 is 0 Å². The molecule has 104 valence electrons. The lowest BCUT2D eigenvalue weighted by molar-refractivity contribution is -0.145. The first-order valence-electron chi connectivity index (χ1n) is 6.82. The van der Waals surface area contributed by atoms with Crippen LogP contribution in [0.1, 0.15) is 26.2 Å². The van der Waals surface area contributed by atoms with Gasteiger partial charge in [-0.3, -0.25) is 4.90 Å². The van der Waals surface area contributed by atoms with E-state index in [1.54, 1.807) is 0 Å². The quantitative estimate of drug-likeness (QED) is 0.813. The summed E-state index contributed by atoms with van der Waals surface area (Å²) >= 11 is 0. The van der Waals surface area contributed by atoms with Crippen molar-refractivity contribution in [3.05, 3.63) is 0 Å². The Bertz CT molecular complexity index is 276. The monoisotopic (exact) mass is 257 g/mol. The molecule has 2 rings (SSSR count). The molecular weight excluding hydrogens is 234 g/mol. The van der Waals surface area contributed by atoms with Gasteiger partial charge in [-0.2, -0.15) is 0 Å². The Kier molecular flexibility index (Phi) is 4.97. The number of carboxylic acid groups (broad SMARTS) is 1. The zero-order valence-electron chi connectivity index (χ0n) is 11.0. The summed E-state index contributed by atoms with van der Waals surface area (Å²) < 4.78 is 10.8. The number of rotatable bonds is 4. The Labute approximate surface area is 108 Å². The van der Waals surface area contributed by atoms with Gasteiger partial charge in [0, 0.05) is 25.7 Å². The second-order valence-electron chi connectivity index (χ2n) is 5.35. The van der Waals surface area contributed by atoms with Gasteiger partial charge >= 0.3 is 5.97 Å². The van der Waals surface area contributed by atoms with E-state index in [4.69, 9.17) is 14.6 Å². The number of nitrogens with zero attached hydrogens (tertiary/aromatic N) is 1. The Hall–Kier alpha value is -0.650. The number of ether oxygens (including phenoxy) is 2. The first kappa shape index (κ1) is 13.8. The molecule has 0 aromatic heterocycles. The molecule has 0 saturated carbocycles. The summed E-state index contributed by atoms with van der Waals surface area (Å²) in [5.74, 6) is -0.286. The molecule has 2 saturated heterocycles. The third kappa shape index (κ3) is 3.67. The molecule has 18 heavy (non-hydrogen) atoms. The Morgan fingerprint density at radius 1 is 1.39 bits per heavy atom. The van der Waals surface area contributed by atoms with Crippen LogP contribution in [-0.2, 0) is 14.3 Å². The standard InChI is InChI=1S/C13H23NO4/c1-10-8-17-7-4-12(10)14-5-2-11(3-6-14)18-9-13(15)16/h10-12H,2-9H2,1H3,(H,15,16). The van der Waals surface area contributed by atoms with Gasteiger partial charge in [0.2, 0.25) is 0 Å². The van der Waals surface area contributed by atoms with Crippen molar-refractivity contribution in [1.82, 2.24) is 4.90 Å². The van der Waals surface area contributed by atoms with Crippen molar-refractivity contribution in [1.29, 1.82) is 0 Å². The molecular formula is C13H23NO4. The third-order valence-electron chi connectivity index (χ3n) is 3.98. The SMILES string of the molecule is CC1COCCC1N1CCC(OCC(=O)O)CC1. The zero-order valence-corrected chi connectivity index (χ0v) is 11.0. The molecule has 5 nitrogen and oxygen atoms in total. The van der Waals surface area contributed by atoms with Gasteiger partial charge in [0.05, 0.1) is 12.7 Å². The van der Waals surface area contributed by atoms with E-state index in [9.17, 15) is 4.79 Å². The fourth-order valence-corrected chi connectivity index (χ4v) is 2.97. The van der Waals surface area contributed by atoms with Crippen LogP contribution in [0.4, 0.5) is 0 Å². The third-order valence-corrected chi connectivity index (χ3v) is 3.98. The van der Waals surface area contributed by atoms with Gasteiger partial charge in [-0.1, -0.05) is 6.92 Å². The van der Waals surface area contributed by atoms with Gasteiger partial charge < -0.3 is 14.6 Å². The largest absolute Gasteiger partial charge is 0.480 e. The summed E-state index contributed by atoms with van der Waals surface area (Å²) in [6.07, 6.45) is 3.11. The highest BCUT2D eigenvalue weighted by atomic mass is 16.5. The predicted octanol–water partition coefficient (Wildman–Crippen LogP) is 0.977. The highest BCUT2D eigenvalue weighted by molar-refractivity contribution is 5.68. The van der Waals surface area contributed by atoms with E-state index >= 15 is 0 Å². The summed E-state index contributed by atoms with van der Waals surface area (Å²) in [6, 6.07) is 0.624. The number of aliphatic carboxylic acids is 1. The zero-order chi connectivity index (χ0) is 13.0. The number of carbonyl (C=O) groups is 1. The summed E-state index contributed by atoms with van der Waals surface area (Å²) in [6.45, 7) is 5.83. The summed E-state index contributed by atoms with van der Waals surface area (Å²) in [7, 11) is 0. The van der Waals surface area contributed by atoms with Gasteiger partial charge in [-0.15, -0.1) is 0 Å². The molecule has 0 aliphatic carbocycles. The van der Waals surface area contributed by atoms with Gasteiger partial charge in [-0.25, -0.2) is 4.79 Å². The molecule has 0 aromatic rings. The van der Waals surface area contributed by atoms with Crippen LogP contribution in [0.2, 0.25) is 0 Å². The fourth-order valence-electron chi connectivity index (χ4n) is 2.97. The smallest absolute Gasteiger partial charge is 0.329 e. The number of hydrogen-bond donors (Lipinski definition) is 1. The van der Waals surface area contributed by atoms with E-state index in [1.807, 2.05) is 0 Å². The van der Waals surface area contributed by atoms with E-state index < -0.39 is 5.97 Å². The molecule has 2 atom stereocenters. The lowest BCUT2D eigenvalue weighted by Gasteiger charge is -2.42. The van der Waals surface area contributed by atoms with Crippen LogP contribution in [0.3, 0.4) is 0 Å². The molecule has 2 heterocycles. The van der Waals surface area contributed by atoms with Crippen molar-refractivity contribution < 1.29 is 19.4 Å². The van der Waals surface area contributed by atoms with Crippen molar-refractivity contribution in [3.63, 3.8) is 0 Å². The molecule has 0 amide bonds. The second kappa shape index (κ2) is 6.50. The van der Waals surface area contributed by atoms with Crippen LogP contribution in [0, 0.1) is 5.92 Å². The molecule has 0 spiro atoms. The van der Waals surface area contributed by atoms with Gasteiger partial charge in [0.1, 0.15) is 6.61 Å². The maximum Gasteiger partial charge on any atom is 0.329 e. The van der Waals surface area contributed by atoms with E-state index in [-0.39, 0.29) is 12.7 Å². The minimum absolute atomic E-state index is 0.118. The van der Waals surface area contributed by atoms with Gasteiger partial charge in [0.15, 0.2) is 0 Å². The lowest BCUT2D eigenvalue weighted by atomic mass is 9.93. The molecule has 2 aliphatic rings. The van der Waals surface area contributed by atoms with E-state index in [1.165, 1.54) is 0 Å². The first-order chi connectivity index (χ1) is 8.66. The number of carboxylic acids is 1. The Balaban J connectivity index is 1.74. The highest BCUT2D eigenvalue weighted by Crippen LogP contribution is 2.24. The molecule has 0 radical (unpaired) electrons. The normalized spacial score (nSPS) is 31.4. The van der Waals surface area contributed by atoms with Crippen LogP contribution in [0.25, 0.3) is 0 Å². The predicted molar refractivity (Wildman–Crippen MR) is 66.6 cm³/mol. The van der Waals surface area contributed by atoms with E-state index in [2.05, 4.69) is 11.8 Å². The number of likely N-dealkylation sites (tertiary alicyclic amines) is 1. The summed E-state index contributed by atoms with van der Waals surface area (Å²) in [5.41, 5.74) is 0. The fraction of sp³-hybridized carbons (Fsp3) is 0.923. The molecule has 2 aliphatic heterocycles. The summed E-state index contributed by atoms with van der Waals surface area (Å²) in [5, 5.41) is 8.59. The van der Waals surface area contributed by atoms with Crippen LogP contribution in [-0.4, -0.2) is 61.0 Å². The number of hydrogen-bond acceptors (Lipinski definition) is 4. The maximum absolute atomic E-state index is 10.4. The van der Waals surface area contributed by atoms with Gasteiger partial charge in [-0.05, 0) is 25.2 Å². The maximum atomic E-state index is 10.4. The van der Waals surface area contributed by atoms with Crippen molar-refractivity contribution in [2.45, 2.75) is 38.3 Å². The molecule has 2 fully saturated rings. The lowest BCUT2D eigenvalue weighted by Crippen LogP contribution is -2.49. The number of piperidine rings is 1. The van der Waals surface area contributed by atoms with Crippen LogP contribution < -0.4 is 0 Å². The average Bonchev–Trinajstić information content (AvgIpc) is 2.38. The van der Waals surface area contributed by atoms with Gasteiger partial charge in [0.25, 0.3) is 0 Å². The minimum Gasteiger partial charge on any atom is -0.480 e. The Morgan fingerprint density at radius 3 is 2.72 bits per heavy atom. The van der Waals surface area contributed by atoms with E-state index in [0.29, 0.717) is 12.0 Å². The van der Waals surface area contributed by atoms with Crippen molar-refractivity contribution in [2.75, 3.05) is 32.9 Å². The molecule has 0 aromatic carbocycles. The topological polar surface area (TPSA) is 59.0 Å². The minimum atomic E-state index is -0.879. The van der Waals surface area contributed by atoms with Crippen LogP contribution in [0.15, 0.2) is 0 Å². The summed E-state index contributed by atoms with van der Waals surface area (Å²) in [4.78, 5) is 13.0. The Morgan fingerprint density at radius 2 is 2.11 bits per heavy atom. The molecule has 0 bridgehead atoms. The van der Waals surface area contributed by atoms with Crippen molar-refractivity contribution >= 4 is 5.97 Å². The van der Waals surface area contributed by atoms with Crippen molar-refractivity contribution in [3.8, 4) is 0 Å². The molecule has 1 N–H and O–H groups in total. The van der Waals surface area contributed by atoms with E-state index in [0.717, 1.165) is 45.6 Å². The molecule has 2 unspecified atom stereocenters. The molecule has 5 heteroatoms. The van der Waals surface area contributed by atoms with Crippen LogP contribution in [0.5, 0.6) is 0 Å². The first-order valence-corrected chi connectivity index (χ1v) is 6.82. The second-order valence-corrected chi connectivity index (χ2v) is 5.35.